The Morgan fingerprint density at radius 2 is 0.481 bits per heavy atom. The maximum Gasteiger partial charge on any atom is 0.460 e. The van der Waals surface area contributed by atoms with Crippen molar-refractivity contribution in [3.05, 3.63) is 71.8 Å². The van der Waals surface area contributed by atoms with Gasteiger partial charge in [0.05, 0.1) is 0 Å². The first-order valence-electron chi connectivity index (χ1n) is 13.7. The van der Waals surface area contributed by atoms with Crippen molar-refractivity contribution in [1.29, 1.82) is 0 Å². The van der Waals surface area contributed by atoms with Gasteiger partial charge in [0.15, 0.2) is 0 Å². The molecule has 0 aromatic heterocycles. The summed E-state index contributed by atoms with van der Waals surface area (Å²) < 4.78 is 360. The third-order valence-electron chi connectivity index (χ3n) is 7.89. The number of benzene rings is 2. The van der Waals surface area contributed by atoms with Crippen LogP contribution in [0.3, 0.4) is 0 Å². The quantitative estimate of drug-likeness (QED) is 0.157. The number of alkyl halides is 26. The lowest BCUT2D eigenvalue weighted by molar-refractivity contribution is -0.441. The molecule has 310 valence electrons. The number of halogens is 26. The summed E-state index contributed by atoms with van der Waals surface area (Å²) in [6.45, 7) is 0. The fourth-order valence-corrected chi connectivity index (χ4v) is 4.80. The third-order valence-corrected chi connectivity index (χ3v) is 7.89. The normalized spacial score (nSPS) is 16.7. The molecule has 26 heteroatoms. The highest BCUT2D eigenvalue weighted by molar-refractivity contribution is 5.31. The van der Waals surface area contributed by atoms with E-state index in [2.05, 4.69) is 0 Å². The Morgan fingerprint density at radius 3 is 0.685 bits per heavy atom. The zero-order valence-electron chi connectivity index (χ0n) is 25.2. The van der Waals surface area contributed by atoms with Crippen molar-refractivity contribution in [3.8, 4) is 0 Å². The van der Waals surface area contributed by atoms with E-state index in [9.17, 15) is 96.6 Å². The van der Waals surface area contributed by atoms with Crippen LogP contribution in [0.5, 0.6) is 0 Å². The largest absolute Gasteiger partial charge is 0.460 e. The van der Waals surface area contributed by atoms with Gasteiger partial charge in [-0.15, -0.1) is 0 Å². The summed E-state index contributed by atoms with van der Waals surface area (Å²) in [5, 5.41) is 0. The standard InChI is InChI=1S/C28H16F26/c29-17(30,19(33,34)21(37,38)23(41,42)25(45,46)27(49,50)51)11-15(13-7-3-1-4-8-13)16(14-9-5-2-6-10-14)12-18(31,32)20(35,36)22(39,40)24(43,44)26(47,48)28(52,53)54/h1-10,15-16H,11-12H2/t15-,16-/m0/s1. The van der Waals surface area contributed by atoms with Crippen LogP contribution < -0.4 is 0 Å². The summed E-state index contributed by atoms with van der Waals surface area (Å²) in [6.07, 6.45) is -22.7. The molecule has 0 radical (unpaired) electrons. The summed E-state index contributed by atoms with van der Waals surface area (Å²) in [5.41, 5.74) is -2.56. The summed E-state index contributed by atoms with van der Waals surface area (Å²) >= 11 is 0. The molecule has 0 N–H and O–H groups in total. The van der Waals surface area contributed by atoms with Crippen molar-refractivity contribution in [1.82, 2.24) is 0 Å². The summed E-state index contributed by atoms with van der Waals surface area (Å²) in [7, 11) is 0. The Morgan fingerprint density at radius 1 is 0.278 bits per heavy atom. The van der Waals surface area contributed by atoms with Crippen molar-refractivity contribution in [2.45, 2.75) is 96.3 Å². The minimum atomic E-state index is -8.48. The molecule has 0 amide bonds. The van der Waals surface area contributed by atoms with Gasteiger partial charge in [-0.3, -0.25) is 0 Å². The van der Waals surface area contributed by atoms with Crippen molar-refractivity contribution >= 4 is 0 Å². The van der Waals surface area contributed by atoms with Crippen molar-refractivity contribution in [2.75, 3.05) is 0 Å². The van der Waals surface area contributed by atoms with Gasteiger partial charge in [0.1, 0.15) is 0 Å². The molecular formula is C28H16F26. The van der Waals surface area contributed by atoms with Crippen molar-refractivity contribution < 1.29 is 114 Å². The van der Waals surface area contributed by atoms with E-state index in [1.54, 1.807) is 0 Å². The van der Waals surface area contributed by atoms with Crippen LogP contribution in [0.15, 0.2) is 60.7 Å². The summed E-state index contributed by atoms with van der Waals surface area (Å²) in [6, 6.07) is 5.38. The molecule has 0 aliphatic carbocycles. The Balaban J connectivity index is 2.89. The molecule has 0 heterocycles. The van der Waals surface area contributed by atoms with E-state index in [4.69, 9.17) is 0 Å². The predicted molar refractivity (Wildman–Crippen MR) is 129 cm³/mol. The lowest BCUT2D eigenvalue weighted by Gasteiger charge is -2.42. The molecule has 0 saturated heterocycles. The van der Waals surface area contributed by atoms with Crippen LogP contribution in [0.1, 0.15) is 35.8 Å². The maximum atomic E-state index is 15.1. The van der Waals surface area contributed by atoms with Crippen LogP contribution in [0.4, 0.5) is 114 Å². The van der Waals surface area contributed by atoms with Crippen molar-refractivity contribution in [3.63, 3.8) is 0 Å². The highest BCUT2D eigenvalue weighted by atomic mass is 19.4. The second kappa shape index (κ2) is 13.7. The first-order chi connectivity index (χ1) is 23.7. The third kappa shape index (κ3) is 7.10. The van der Waals surface area contributed by atoms with E-state index in [0.29, 0.717) is 48.5 Å². The lowest BCUT2D eigenvalue weighted by Crippen LogP contribution is -2.70. The van der Waals surface area contributed by atoms with Gasteiger partial charge >= 0.3 is 71.6 Å². The molecular weight excluding hydrogens is 830 g/mol. The lowest BCUT2D eigenvalue weighted by atomic mass is 9.73. The van der Waals surface area contributed by atoms with Gasteiger partial charge in [0.2, 0.25) is 0 Å². The SMILES string of the molecule is FC(F)(F)C(F)(F)C(F)(F)C(F)(F)C(F)(F)C(F)(F)C[C@@H](c1ccccc1)[C@@H](CC(F)(F)C(F)(F)C(F)(F)C(F)(F)C(F)(F)C(F)(F)F)c1ccccc1. The molecule has 2 rings (SSSR count). The average Bonchev–Trinajstić information content (AvgIpc) is 3.01. The van der Waals surface area contributed by atoms with Gasteiger partial charge in [0.25, 0.3) is 0 Å². The fraction of sp³-hybridized carbons (Fsp3) is 0.571. The molecule has 2 atom stereocenters. The van der Waals surface area contributed by atoms with Crippen LogP contribution >= 0.6 is 0 Å². The molecule has 0 unspecified atom stereocenters. The molecule has 0 spiro atoms. The molecule has 0 bridgehead atoms. The molecule has 2 aromatic rings. The van der Waals surface area contributed by atoms with E-state index in [-0.39, 0.29) is 0 Å². The van der Waals surface area contributed by atoms with Crippen LogP contribution in [-0.2, 0) is 0 Å². The van der Waals surface area contributed by atoms with Gasteiger partial charge < -0.3 is 0 Å². The average molecular weight is 846 g/mol. The Bertz CT molecular complexity index is 1440. The van der Waals surface area contributed by atoms with E-state index in [1.807, 2.05) is 0 Å². The zero-order valence-corrected chi connectivity index (χ0v) is 25.2. The van der Waals surface area contributed by atoms with Crippen LogP contribution in [-0.4, -0.2) is 71.6 Å². The maximum absolute atomic E-state index is 15.1. The molecule has 0 fully saturated rings. The van der Waals surface area contributed by atoms with Gasteiger partial charge in [-0.2, -0.15) is 114 Å². The molecule has 0 nitrogen and oxygen atoms in total. The minimum Gasteiger partial charge on any atom is -0.200 e. The van der Waals surface area contributed by atoms with E-state index in [0.717, 1.165) is 12.1 Å². The summed E-state index contributed by atoms with van der Waals surface area (Å²) in [4.78, 5) is 0. The number of rotatable bonds is 15. The number of hydrogen-bond donors (Lipinski definition) is 0. The van der Waals surface area contributed by atoms with Crippen LogP contribution in [0.2, 0.25) is 0 Å². The summed E-state index contributed by atoms with van der Waals surface area (Å²) in [5.74, 6) is -87.8. The highest BCUT2D eigenvalue weighted by Crippen LogP contribution is 2.64. The Hall–Kier alpha value is -3.38. The first-order valence-corrected chi connectivity index (χ1v) is 13.7. The van der Waals surface area contributed by atoms with Gasteiger partial charge in [-0.25, -0.2) is 0 Å². The fourth-order valence-electron chi connectivity index (χ4n) is 4.80. The molecule has 0 aliphatic rings. The van der Waals surface area contributed by atoms with Gasteiger partial charge in [-0.1, -0.05) is 60.7 Å². The van der Waals surface area contributed by atoms with Crippen LogP contribution in [0, 0.1) is 0 Å². The first kappa shape index (κ1) is 46.8. The van der Waals surface area contributed by atoms with Crippen LogP contribution in [0.25, 0.3) is 0 Å². The highest BCUT2D eigenvalue weighted by Gasteiger charge is 2.92. The minimum absolute atomic E-state index is 0.322. The van der Waals surface area contributed by atoms with E-state index in [1.165, 1.54) is 0 Å². The Kier molecular flexibility index (Phi) is 11.8. The Labute approximate surface area is 283 Å². The van der Waals surface area contributed by atoms with E-state index < -0.39 is 107 Å². The molecule has 0 aliphatic heterocycles. The smallest absolute Gasteiger partial charge is 0.200 e. The molecule has 54 heavy (non-hydrogen) atoms. The predicted octanol–water partition coefficient (Wildman–Crippen LogP) is 12.8. The van der Waals surface area contributed by atoms with Crippen molar-refractivity contribution in [2.24, 2.45) is 0 Å². The zero-order chi connectivity index (χ0) is 42.8. The van der Waals surface area contributed by atoms with E-state index >= 15 is 17.6 Å². The number of hydrogen-bond acceptors (Lipinski definition) is 0. The van der Waals surface area contributed by atoms with Gasteiger partial charge in [0, 0.05) is 12.8 Å². The second-order valence-corrected chi connectivity index (χ2v) is 11.4. The van der Waals surface area contributed by atoms with Gasteiger partial charge in [-0.05, 0) is 23.0 Å². The monoisotopic (exact) mass is 846 g/mol. The second-order valence-electron chi connectivity index (χ2n) is 11.4. The molecule has 2 aromatic carbocycles. The topological polar surface area (TPSA) is 0 Å². The molecule has 0 saturated carbocycles.